The van der Waals surface area contributed by atoms with Gasteiger partial charge in [-0.3, -0.25) is 0 Å². The molecule has 2 aromatic heterocycles. The number of alkyl halides is 3. The molecule has 0 atom stereocenters. The van der Waals surface area contributed by atoms with Gasteiger partial charge >= 0.3 is 12.3 Å². The van der Waals surface area contributed by atoms with E-state index in [0.29, 0.717) is 10.9 Å². The summed E-state index contributed by atoms with van der Waals surface area (Å²) in [5.41, 5.74) is 2.14. The fourth-order valence-electron chi connectivity index (χ4n) is 4.67. The predicted molar refractivity (Wildman–Crippen MR) is 139 cm³/mol. The number of rotatable bonds is 8. The van der Waals surface area contributed by atoms with Crippen molar-refractivity contribution in [2.45, 2.75) is 44.8 Å². The highest BCUT2D eigenvalue weighted by Gasteiger charge is 2.31. The van der Waals surface area contributed by atoms with Crippen molar-refractivity contribution in [3.05, 3.63) is 66.0 Å². The quantitative estimate of drug-likeness (QED) is 0.316. The van der Waals surface area contributed by atoms with E-state index in [2.05, 4.69) is 32.7 Å². The number of nitrogens with one attached hydrogen (secondary N) is 2. The first-order valence-corrected chi connectivity index (χ1v) is 12.7. The molecule has 9 nitrogen and oxygen atoms in total. The highest BCUT2D eigenvalue weighted by molar-refractivity contribution is 5.96. The highest BCUT2D eigenvalue weighted by Crippen LogP contribution is 2.35. The molecule has 1 fully saturated rings. The van der Waals surface area contributed by atoms with Gasteiger partial charge in [-0.05, 0) is 56.7 Å². The van der Waals surface area contributed by atoms with Crippen molar-refractivity contribution in [1.82, 2.24) is 24.9 Å². The van der Waals surface area contributed by atoms with Crippen LogP contribution >= 0.6 is 0 Å². The smallest absolute Gasteiger partial charge is 0.407 e. The Morgan fingerprint density at radius 2 is 1.90 bits per heavy atom. The van der Waals surface area contributed by atoms with Gasteiger partial charge in [-0.25, -0.2) is 4.79 Å². The molecule has 0 bridgehead atoms. The lowest BCUT2D eigenvalue weighted by Crippen LogP contribution is -2.36. The van der Waals surface area contributed by atoms with Gasteiger partial charge in [-0.1, -0.05) is 41.6 Å². The van der Waals surface area contributed by atoms with E-state index in [9.17, 15) is 18.0 Å². The van der Waals surface area contributed by atoms with Crippen molar-refractivity contribution in [3.63, 3.8) is 0 Å². The Balaban J connectivity index is 1.34. The number of carbonyl (C=O) groups excluding carboxylic acids is 1. The zero-order chi connectivity index (χ0) is 27.4. The van der Waals surface area contributed by atoms with Crippen molar-refractivity contribution in [3.8, 4) is 11.6 Å². The van der Waals surface area contributed by atoms with E-state index in [-0.39, 0.29) is 36.6 Å². The summed E-state index contributed by atoms with van der Waals surface area (Å²) in [6.07, 6.45) is -3.26. The summed E-state index contributed by atoms with van der Waals surface area (Å²) >= 11 is 0. The summed E-state index contributed by atoms with van der Waals surface area (Å²) in [5, 5.41) is 10.5. The third kappa shape index (κ3) is 6.69. The molecule has 12 heteroatoms. The highest BCUT2D eigenvalue weighted by atomic mass is 19.4. The number of anilines is 1. The third-order valence-corrected chi connectivity index (χ3v) is 6.65. The Labute approximate surface area is 222 Å². The van der Waals surface area contributed by atoms with E-state index in [1.807, 2.05) is 36.4 Å². The van der Waals surface area contributed by atoms with Gasteiger partial charge in [-0.2, -0.15) is 18.2 Å². The number of aromatic nitrogens is 3. The minimum absolute atomic E-state index is 0.0739. The molecule has 0 radical (unpaired) electrons. The van der Waals surface area contributed by atoms with E-state index in [0.717, 1.165) is 41.7 Å². The molecule has 4 aromatic rings. The van der Waals surface area contributed by atoms with E-state index < -0.39 is 18.8 Å². The molecule has 1 amide bonds. The fraction of sp³-hybridized carbons (Fsp3) is 0.370. The van der Waals surface area contributed by atoms with Gasteiger partial charge in [0.05, 0.1) is 12.1 Å². The third-order valence-electron chi connectivity index (χ3n) is 6.65. The first-order valence-electron chi connectivity index (χ1n) is 12.7. The van der Waals surface area contributed by atoms with Crippen LogP contribution < -0.4 is 10.6 Å². The number of hydrogen-bond donors (Lipinski definition) is 2. The first-order chi connectivity index (χ1) is 18.7. The van der Waals surface area contributed by atoms with Gasteiger partial charge in [0.15, 0.2) is 5.82 Å². The summed E-state index contributed by atoms with van der Waals surface area (Å²) in [6.45, 7) is 0.666. The second-order valence-electron chi connectivity index (χ2n) is 9.62. The molecule has 5 rings (SSSR count). The molecule has 0 unspecified atom stereocenters. The van der Waals surface area contributed by atoms with Crippen molar-refractivity contribution >= 4 is 22.7 Å². The van der Waals surface area contributed by atoms with E-state index in [4.69, 9.17) is 9.26 Å². The number of nitrogens with zero attached hydrogens (tertiary/aromatic N) is 4. The van der Waals surface area contributed by atoms with Gasteiger partial charge in [0.2, 0.25) is 0 Å². The molecular weight excluding hydrogens is 513 g/mol. The van der Waals surface area contributed by atoms with Gasteiger partial charge in [-0.15, -0.1) is 0 Å². The van der Waals surface area contributed by atoms with Gasteiger partial charge in [0, 0.05) is 17.1 Å². The monoisotopic (exact) mass is 542 g/mol. The number of benzene rings is 2. The number of fused-ring (bicyclic) bond motifs is 1. The average molecular weight is 543 g/mol. The van der Waals surface area contributed by atoms with Crippen LogP contribution in [-0.4, -0.2) is 58.1 Å². The molecule has 1 aliphatic heterocycles. The Kier molecular flexibility index (Phi) is 7.73. The maximum absolute atomic E-state index is 13.6. The van der Waals surface area contributed by atoms with Crippen LogP contribution in [0.25, 0.3) is 22.5 Å². The lowest BCUT2D eigenvalue weighted by Gasteiger charge is -2.30. The maximum Gasteiger partial charge on any atom is 0.407 e. The van der Waals surface area contributed by atoms with Crippen molar-refractivity contribution in [1.29, 1.82) is 0 Å². The van der Waals surface area contributed by atoms with Crippen molar-refractivity contribution in [2.24, 2.45) is 0 Å². The molecule has 1 saturated heterocycles. The first kappa shape index (κ1) is 26.5. The van der Waals surface area contributed by atoms with Crippen molar-refractivity contribution in [2.75, 3.05) is 25.5 Å². The van der Waals surface area contributed by atoms with Crippen LogP contribution in [0.1, 0.15) is 24.2 Å². The van der Waals surface area contributed by atoms with Crippen molar-refractivity contribution < 1.29 is 27.2 Å². The Morgan fingerprint density at radius 1 is 1.13 bits per heavy atom. The number of ether oxygens (including phenoxy) is 1. The molecular formula is C27H29F3N6O3. The summed E-state index contributed by atoms with van der Waals surface area (Å²) in [6, 6.07) is 16.3. The number of carbonyl (C=O) groups is 1. The maximum atomic E-state index is 13.6. The van der Waals surface area contributed by atoms with Crippen LogP contribution in [0.4, 0.5) is 23.7 Å². The second-order valence-corrected chi connectivity index (χ2v) is 9.62. The predicted octanol–water partition coefficient (Wildman–Crippen LogP) is 5.19. The molecule has 3 heterocycles. The van der Waals surface area contributed by atoms with Crippen LogP contribution in [0.3, 0.4) is 0 Å². The second kappa shape index (κ2) is 11.4. The summed E-state index contributed by atoms with van der Waals surface area (Å²) in [4.78, 5) is 18.6. The molecule has 0 aliphatic carbocycles. The standard InChI is InChI=1S/C27H29F3N6O3/c1-35-12-10-19(11-13-35)32-21-8-5-9-22-20(21)14-23(36(22)17-27(28,29)30)25-33-24(34-39-25)15-31-26(37)38-16-18-6-3-2-4-7-18/h2-9,14,19,32H,10-13,15-17H2,1H3,(H,31,37). The summed E-state index contributed by atoms with van der Waals surface area (Å²) < 4.78 is 52.4. The Bertz CT molecular complexity index is 1410. The molecule has 206 valence electrons. The van der Waals surface area contributed by atoms with Crippen LogP contribution in [0.2, 0.25) is 0 Å². The van der Waals surface area contributed by atoms with Gasteiger partial charge in [0.1, 0.15) is 18.8 Å². The van der Waals surface area contributed by atoms with Crippen LogP contribution in [0.15, 0.2) is 59.1 Å². The number of piperidine rings is 1. The molecule has 2 N–H and O–H groups in total. The van der Waals surface area contributed by atoms with Crippen LogP contribution in [-0.2, 0) is 24.4 Å². The molecule has 39 heavy (non-hydrogen) atoms. The van der Waals surface area contributed by atoms with E-state index in [1.165, 1.54) is 0 Å². The fourth-order valence-corrected chi connectivity index (χ4v) is 4.67. The lowest BCUT2D eigenvalue weighted by atomic mass is 10.0. The SMILES string of the molecule is CN1CCC(Nc2cccc3c2cc(-c2nc(CNC(=O)OCc4ccccc4)no2)n3CC(F)(F)F)CC1. The normalized spacial score (nSPS) is 15.0. The van der Waals surface area contributed by atoms with E-state index >= 15 is 0 Å². The molecule has 0 spiro atoms. The number of likely N-dealkylation sites (tertiary alicyclic amines) is 1. The minimum atomic E-state index is -4.47. The summed E-state index contributed by atoms with van der Waals surface area (Å²) in [7, 11) is 2.07. The zero-order valence-corrected chi connectivity index (χ0v) is 21.4. The van der Waals surface area contributed by atoms with E-state index in [1.54, 1.807) is 18.2 Å². The Hall–Kier alpha value is -4.06. The van der Waals surface area contributed by atoms with Gasteiger partial charge in [0.25, 0.3) is 5.89 Å². The topological polar surface area (TPSA) is 97.4 Å². The zero-order valence-electron chi connectivity index (χ0n) is 21.4. The van der Waals surface area contributed by atoms with Gasteiger partial charge < -0.3 is 29.4 Å². The Morgan fingerprint density at radius 3 is 2.64 bits per heavy atom. The lowest BCUT2D eigenvalue weighted by molar-refractivity contribution is -0.139. The molecule has 1 aliphatic rings. The van der Waals surface area contributed by atoms with Crippen LogP contribution in [0.5, 0.6) is 0 Å². The summed E-state index contributed by atoms with van der Waals surface area (Å²) in [5.74, 6) is 0.0327. The number of alkyl carbamates (subject to hydrolysis) is 1. The largest absolute Gasteiger partial charge is 0.445 e. The van der Waals surface area contributed by atoms with Crippen LogP contribution in [0, 0.1) is 0 Å². The minimum Gasteiger partial charge on any atom is -0.445 e. The number of halogens is 3. The molecule has 2 aromatic carbocycles. The number of amides is 1. The molecule has 0 saturated carbocycles. The average Bonchev–Trinajstić information content (AvgIpc) is 3.53. The number of hydrogen-bond acceptors (Lipinski definition) is 7.